The maximum atomic E-state index is 11.4. The fourth-order valence-corrected chi connectivity index (χ4v) is 2.14. The number of amides is 2. The zero-order valence-corrected chi connectivity index (χ0v) is 11.5. The Balaban J connectivity index is 3.20. The highest BCUT2D eigenvalue weighted by molar-refractivity contribution is 7.90. The van der Waals surface area contributed by atoms with Crippen LogP contribution in [0.1, 0.15) is 12.5 Å². The number of guanidine groups is 1. The van der Waals surface area contributed by atoms with E-state index in [9.17, 15) is 13.2 Å². The van der Waals surface area contributed by atoms with Gasteiger partial charge in [0.15, 0.2) is 9.84 Å². The largest absolute Gasteiger partial charge is 0.369 e. The predicted octanol–water partition coefficient (Wildman–Crippen LogP) is 0.267. The summed E-state index contributed by atoms with van der Waals surface area (Å²) < 4.78 is 22.9. The van der Waals surface area contributed by atoms with Gasteiger partial charge in [0.1, 0.15) is 0 Å². The van der Waals surface area contributed by atoms with E-state index in [1.807, 2.05) is 6.92 Å². The molecule has 0 radical (unpaired) electrons. The third kappa shape index (κ3) is 4.25. The number of sulfone groups is 1. The van der Waals surface area contributed by atoms with Crippen LogP contribution in [0.3, 0.4) is 0 Å². The Bertz CT molecular complexity index is 623. The van der Waals surface area contributed by atoms with Crippen molar-refractivity contribution in [3.8, 4) is 0 Å². The van der Waals surface area contributed by atoms with Gasteiger partial charge in [0.2, 0.25) is 5.96 Å². The van der Waals surface area contributed by atoms with Gasteiger partial charge in [-0.15, -0.1) is 0 Å². The smallest absolute Gasteiger partial charge is 0.318 e. The first-order valence-electron chi connectivity index (χ1n) is 5.47. The summed E-state index contributed by atoms with van der Waals surface area (Å²) >= 11 is 0. The molecule has 7 nitrogen and oxygen atoms in total. The fraction of sp³-hybridized carbons (Fsp3) is 0.273. The van der Waals surface area contributed by atoms with Gasteiger partial charge >= 0.3 is 6.03 Å². The second kappa shape index (κ2) is 5.70. The molecule has 0 fully saturated rings. The van der Waals surface area contributed by atoms with Crippen molar-refractivity contribution in [2.45, 2.75) is 18.2 Å². The van der Waals surface area contributed by atoms with Crippen LogP contribution in [-0.2, 0) is 16.3 Å². The molecule has 0 saturated carbocycles. The van der Waals surface area contributed by atoms with Crippen molar-refractivity contribution < 1.29 is 13.2 Å². The van der Waals surface area contributed by atoms with Gasteiger partial charge in [-0.25, -0.2) is 18.2 Å². The summed E-state index contributed by atoms with van der Waals surface area (Å²) in [6.45, 7) is 1.86. The summed E-state index contributed by atoms with van der Waals surface area (Å²) in [4.78, 5) is 14.8. The van der Waals surface area contributed by atoms with Crippen LogP contribution in [-0.4, -0.2) is 26.7 Å². The van der Waals surface area contributed by atoms with Crippen LogP contribution in [0.4, 0.5) is 10.5 Å². The molecule has 1 aromatic carbocycles. The lowest BCUT2D eigenvalue weighted by Gasteiger charge is -2.07. The van der Waals surface area contributed by atoms with E-state index in [1.54, 1.807) is 0 Å². The number of hydrogen-bond acceptors (Lipinski definition) is 4. The number of aliphatic imine (C=N–C) groups is 1. The van der Waals surface area contributed by atoms with Gasteiger partial charge in [0.25, 0.3) is 0 Å². The number of nitrogens with one attached hydrogen (secondary N) is 1. The predicted molar refractivity (Wildman–Crippen MR) is 72.9 cm³/mol. The van der Waals surface area contributed by atoms with E-state index in [2.05, 4.69) is 10.3 Å². The molecule has 0 aliphatic rings. The molecule has 0 aliphatic carbocycles. The number of carbonyl (C=O) groups is 1. The molecule has 0 bridgehead atoms. The maximum absolute atomic E-state index is 11.4. The van der Waals surface area contributed by atoms with Crippen molar-refractivity contribution in [2.24, 2.45) is 16.5 Å². The van der Waals surface area contributed by atoms with Crippen LogP contribution in [0.15, 0.2) is 28.1 Å². The molecule has 0 atom stereocenters. The molecule has 0 saturated heterocycles. The van der Waals surface area contributed by atoms with E-state index in [1.165, 1.54) is 18.2 Å². The first-order valence-corrected chi connectivity index (χ1v) is 7.36. The molecule has 2 amide bonds. The third-order valence-electron chi connectivity index (χ3n) is 2.35. The van der Waals surface area contributed by atoms with E-state index in [4.69, 9.17) is 11.5 Å². The zero-order chi connectivity index (χ0) is 14.6. The molecule has 0 aromatic heterocycles. The molecule has 0 aliphatic heterocycles. The summed E-state index contributed by atoms with van der Waals surface area (Å²) in [5, 5.41) is 2.14. The number of rotatable bonds is 3. The summed E-state index contributed by atoms with van der Waals surface area (Å²) in [5.74, 6) is -0.144. The number of benzene rings is 1. The molecule has 1 aromatic rings. The first kappa shape index (κ1) is 15.0. The van der Waals surface area contributed by atoms with Crippen LogP contribution in [0, 0.1) is 0 Å². The Labute approximate surface area is 111 Å². The number of aryl methyl sites for hydroxylation is 1. The zero-order valence-electron chi connectivity index (χ0n) is 10.7. The number of carbonyl (C=O) groups excluding carboxylic acids is 1. The van der Waals surface area contributed by atoms with Crippen LogP contribution in [0.5, 0.6) is 0 Å². The van der Waals surface area contributed by atoms with Crippen LogP contribution >= 0.6 is 0 Å². The molecule has 1 rings (SSSR count). The Hall–Kier alpha value is -2.09. The third-order valence-corrected chi connectivity index (χ3v) is 3.46. The SMILES string of the molecule is CCc1cc(S(C)(=O)=O)ccc1N=C(N)NC(N)=O. The van der Waals surface area contributed by atoms with Crippen LogP contribution < -0.4 is 16.8 Å². The molecular formula is C11H16N4O3S. The fourth-order valence-electron chi connectivity index (χ4n) is 1.47. The monoisotopic (exact) mass is 284 g/mol. The Kier molecular flexibility index (Phi) is 4.49. The standard InChI is InChI=1S/C11H16N4O3S/c1-3-7-6-8(19(2,17)18)4-5-9(7)14-10(12)15-11(13)16/h4-6H,3H2,1-2H3,(H5,12,13,14,15,16). The van der Waals surface area contributed by atoms with E-state index >= 15 is 0 Å². The molecule has 5 N–H and O–H groups in total. The highest BCUT2D eigenvalue weighted by Gasteiger charge is 2.10. The van der Waals surface area contributed by atoms with Crippen molar-refractivity contribution in [2.75, 3.05) is 6.26 Å². The molecule has 0 heterocycles. The molecule has 104 valence electrons. The Morgan fingerprint density at radius 1 is 1.37 bits per heavy atom. The van der Waals surface area contributed by atoms with Crippen LogP contribution in [0.25, 0.3) is 0 Å². The van der Waals surface area contributed by atoms with E-state index < -0.39 is 15.9 Å². The lowest BCUT2D eigenvalue weighted by molar-refractivity contribution is 0.253. The maximum Gasteiger partial charge on any atom is 0.318 e. The number of nitrogens with two attached hydrogens (primary N) is 2. The average molecular weight is 284 g/mol. The van der Waals surface area contributed by atoms with E-state index in [-0.39, 0.29) is 10.9 Å². The van der Waals surface area contributed by atoms with Gasteiger partial charge in [-0.2, -0.15) is 0 Å². The quantitative estimate of drug-likeness (QED) is 0.543. The minimum atomic E-state index is -3.27. The topological polar surface area (TPSA) is 128 Å². The Morgan fingerprint density at radius 3 is 2.47 bits per heavy atom. The van der Waals surface area contributed by atoms with E-state index in [0.717, 1.165) is 6.26 Å². The van der Waals surface area contributed by atoms with Crippen molar-refractivity contribution in [3.05, 3.63) is 23.8 Å². The summed E-state index contributed by atoms with van der Waals surface area (Å²) in [7, 11) is -3.27. The van der Waals surface area contributed by atoms with Gasteiger partial charge in [0.05, 0.1) is 10.6 Å². The molecule has 8 heteroatoms. The minimum Gasteiger partial charge on any atom is -0.369 e. The lowest BCUT2D eigenvalue weighted by atomic mass is 10.1. The summed E-state index contributed by atoms with van der Waals surface area (Å²) in [5.41, 5.74) is 11.6. The minimum absolute atomic E-state index is 0.144. The normalized spacial score (nSPS) is 12.2. The Morgan fingerprint density at radius 2 is 2.00 bits per heavy atom. The lowest BCUT2D eigenvalue weighted by Crippen LogP contribution is -2.39. The van der Waals surface area contributed by atoms with Crippen molar-refractivity contribution in [1.29, 1.82) is 0 Å². The first-order chi connectivity index (χ1) is 8.74. The molecule has 0 spiro atoms. The average Bonchev–Trinajstić information content (AvgIpc) is 2.26. The molecule has 0 unspecified atom stereocenters. The highest BCUT2D eigenvalue weighted by Crippen LogP contribution is 2.23. The van der Waals surface area contributed by atoms with Gasteiger partial charge in [-0.1, -0.05) is 6.92 Å². The van der Waals surface area contributed by atoms with E-state index in [0.29, 0.717) is 17.7 Å². The van der Waals surface area contributed by atoms with Crippen molar-refractivity contribution >= 4 is 27.5 Å². The summed E-state index contributed by atoms with van der Waals surface area (Å²) in [6.07, 6.45) is 1.71. The van der Waals surface area contributed by atoms with Crippen molar-refractivity contribution in [3.63, 3.8) is 0 Å². The number of nitrogens with zero attached hydrogens (tertiary/aromatic N) is 1. The highest BCUT2D eigenvalue weighted by atomic mass is 32.2. The van der Waals surface area contributed by atoms with Crippen molar-refractivity contribution in [1.82, 2.24) is 5.32 Å². The van der Waals surface area contributed by atoms with Gasteiger partial charge in [-0.3, -0.25) is 5.32 Å². The number of urea groups is 1. The number of primary amides is 1. The van der Waals surface area contributed by atoms with Crippen LogP contribution in [0.2, 0.25) is 0 Å². The second-order valence-corrected chi connectivity index (χ2v) is 5.92. The second-order valence-electron chi connectivity index (χ2n) is 3.90. The van der Waals surface area contributed by atoms with Gasteiger partial charge in [-0.05, 0) is 30.2 Å². The summed E-state index contributed by atoms with van der Waals surface area (Å²) in [6, 6.07) is 3.69. The van der Waals surface area contributed by atoms with Gasteiger partial charge in [0, 0.05) is 6.26 Å². The molecule has 19 heavy (non-hydrogen) atoms. The molecular weight excluding hydrogens is 268 g/mol. The van der Waals surface area contributed by atoms with Gasteiger partial charge < -0.3 is 11.5 Å². The number of hydrogen-bond donors (Lipinski definition) is 3.